The molecule has 0 aliphatic heterocycles. The Morgan fingerprint density at radius 1 is 1.00 bits per heavy atom. The number of hydrogen-bond acceptors (Lipinski definition) is 2. The normalized spacial score (nSPS) is 11.8. The number of rotatable bonds is 6. The SMILES string of the molecule is O=C(NC(Cc1c[nH]c2ccccc12)C(=O)Nc1ccc(F)cc1F)c1ccccc1Cl. The van der Waals surface area contributed by atoms with Gasteiger partial charge in [0, 0.05) is 29.6 Å². The Morgan fingerprint density at radius 2 is 1.75 bits per heavy atom. The molecule has 0 aliphatic carbocycles. The fourth-order valence-corrected chi connectivity index (χ4v) is 3.64. The lowest BCUT2D eigenvalue weighted by atomic mass is 10.0. The predicted octanol–water partition coefficient (Wildman–Crippen LogP) is 5.08. The first kappa shape index (κ1) is 21.5. The van der Waals surface area contributed by atoms with Crippen molar-refractivity contribution in [2.75, 3.05) is 5.32 Å². The van der Waals surface area contributed by atoms with E-state index in [1.807, 2.05) is 24.3 Å². The number of amides is 2. The largest absolute Gasteiger partial charge is 0.361 e. The summed E-state index contributed by atoms with van der Waals surface area (Å²) in [6, 6.07) is 15.8. The molecule has 32 heavy (non-hydrogen) atoms. The summed E-state index contributed by atoms with van der Waals surface area (Å²) in [5, 5.41) is 6.24. The second-order valence-electron chi connectivity index (χ2n) is 7.18. The zero-order chi connectivity index (χ0) is 22.7. The molecule has 0 aliphatic rings. The molecule has 0 radical (unpaired) electrons. The number of H-pyrrole nitrogens is 1. The fourth-order valence-electron chi connectivity index (χ4n) is 3.42. The van der Waals surface area contributed by atoms with Gasteiger partial charge in [-0.05, 0) is 35.9 Å². The summed E-state index contributed by atoms with van der Waals surface area (Å²) in [6.07, 6.45) is 1.89. The molecular weight excluding hydrogens is 436 g/mol. The smallest absolute Gasteiger partial charge is 0.253 e. The molecule has 0 saturated carbocycles. The molecule has 2 amide bonds. The van der Waals surface area contributed by atoms with Crippen molar-refractivity contribution in [3.05, 3.63) is 101 Å². The van der Waals surface area contributed by atoms with Gasteiger partial charge in [-0.15, -0.1) is 0 Å². The standard InChI is InChI=1S/C24H18ClF2N3O2/c25-18-7-3-1-6-17(18)23(31)30-22(11-14-13-28-20-8-4-2-5-16(14)20)24(32)29-21-10-9-15(26)12-19(21)27/h1-10,12-13,22,28H,11H2,(H,29,32)(H,30,31). The van der Waals surface area contributed by atoms with E-state index in [4.69, 9.17) is 11.6 Å². The van der Waals surface area contributed by atoms with E-state index in [2.05, 4.69) is 15.6 Å². The van der Waals surface area contributed by atoms with Gasteiger partial charge in [0.1, 0.15) is 17.7 Å². The van der Waals surface area contributed by atoms with Crippen LogP contribution in [0.3, 0.4) is 0 Å². The van der Waals surface area contributed by atoms with Gasteiger partial charge in [-0.2, -0.15) is 0 Å². The Morgan fingerprint density at radius 3 is 2.53 bits per heavy atom. The van der Waals surface area contributed by atoms with Crippen LogP contribution in [-0.2, 0) is 11.2 Å². The van der Waals surface area contributed by atoms with E-state index in [0.29, 0.717) is 6.07 Å². The first-order valence-electron chi connectivity index (χ1n) is 9.78. The van der Waals surface area contributed by atoms with Crippen LogP contribution < -0.4 is 10.6 Å². The van der Waals surface area contributed by atoms with Crippen molar-refractivity contribution in [2.24, 2.45) is 0 Å². The molecule has 4 rings (SSSR count). The van der Waals surface area contributed by atoms with Crippen molar-refractivity contribution in [1.29, 1.82) is 0 Å². The van der Waals surface area contributed by atoms with Crippen LogP contribution in [-0.4, -0.2) is 22.8 Å². The second-order valence-corrected chi connectivity index (χ2v) is 7.59. The van der Waals surface area contributed by atoms with Crippen LogP contribution in [0.1, 0.15) is 15.9 Å². The number of benzene rings is 3. The van der Waals surface area contributed by atoms with E-state index in [1.54, 1.807) is 24.4 Å². The van der Waals surface area contributed by atoms with Crippen LogP contribution in [0.4, 0.5) is 14.5 Å². The van der Waals surface area contributed by atoms with Crippen molar-refractivity contribution in [3.8, 4) is 0 Å². The number of aromatic amines is 1. The summed E-state index contributed by atoms with van der Waals surface area (Å²) in [7, 11) is 0. The van der Waals surface area contributed by atoms with Gasteiger partial charge in [0.25, 0.3) is 5.91 Å². The summed E-state index contributed by atoms with van der Waals surface area (Å²) >= 11 is 6.12. The highest BCUT2D eigenvalue weighted by Crippen LogP contribution is 2.21. The molecule has 8 heteroatoms. The third-order valence-electron chi connectivity index (χ3n) is 5.03. The minimum absolute atomic E-state index is 0.134. The second kappa shape index (κ2) is 9.20. The summed E-state index contributed by atoms with van der Waals surface area (Å²) < 4.78 is 27.3. The van der Waals surface area contributed by atoms with Gasteiger partial charge in [0.15, 0.2) is 0 Å². The van der Waals surface area contributed by atoms with Crippen molar-refractivity contribution >= 4 is 40.0 Å². The van der Waals surface area contributed by atoms with Crippen LogP contribution in [0.5, 0.6) is 0 Å². The van der Waals surface area contributed by atoms with E-state index >= 15 is 0 Å². The number of anilines is 1. The maximum atomic E-state index is 14.1. The highest BCUT2D eigenvalue weighted by Gasteiger charge is 2.25. The van der Waals surface area contributed by atoms with Gasteiger partial charge in [0.05, 0.1) is 16.3 Å². The number of hydrogen-bond donors (Lipinski definition) is 3. The molecule has 0 spiro atoms. The van der Waals surface area contributed by atoms with Crippen molar-refractivity contribution in [3.63, 3.8) is 0 Å². The average molecular weight is 454 g/mol. The Kier molecular flexibility index (Phi) is 6.18. The number of carbonyl (C=O) groups is 2. The molecule has 3 N–H and O–H groups in total. The van der Waals surface area contributed by atoms with E-state index in [1.165, 1.54) is 6.07 Å². The highest BCUT2D eigenvalue weighted by molar-refractivity contribution is 6.33. The maximum Gasteiger partial charge on any atom is 0.253 e. The van der Waals surface area contributed by atoms with E-state index in [-0.39, 0.29) is 22.7 Å². The van der Waals surface area contributed by atoms with E-state index in [0.717, 1.165) is 28.6 Å². The molecule has 0 fully saturated rings. The van der Waals surface area contributed by atoms with Crippen LogP contribution in [0.25, 0.3) is 10.9 Å². The molecule has 162 valence electrons. The van der Waals surface area contributed by atoms with Crippen LogP contribution >= 0.6 is 11.6 Å². The van der Waals surface area contributed by atoms with Gasteiger partial charge in [-0.1, -0.05) is 41.9 Å². The molecule has 1 aromatic heterocycles. The van der Waals surface area contributed by atoms with E-state index in [9.17, 15) is 18.4 Å². The van der Waals surface area contributed by atoms with Crippen LogP contribution in [0.15, 0.2) is 72.9 Å². The number of para-hydroxylation sites is 1. The molecule has 0 bridgehead atoms. The van der Waals surface area contributed by atoms with Gasteiger partial charge in [-0.25, -0.2) is 8.78 Å². The Balaban J connectivity index is 1.63. The quantitative estimate of drug-likeness (QED) is 0.381. The molecule has 3 aromatic carbocycles. The molecule has 5 nitrogen and oxygen atoms in total. The number of halogens is 3. The first-order chi connectivity index (χ1) is 15.4. The van der Waals surface area contributed by atoms with Crippen molar-refractivity contribution < 1.29 is 18.4 Å². The minimum atomic E-state index is -1.05. The number of fused-ring (bicyclic) bond motifs is 1. The third kappa shape index (κ3) is 4.63. The Labute approximate surface area is 187 Å². The highest BCUT2D eigenvalue weighted by atomic mass is 35.5. The summed E-state index contributed by atoms with van der Waals surface area (Å²) in [5.74, 6) is -2.87. The third-order valence-corrected chi connectivity index (χ3v) is 5.36. The maximum absolute atomic E-state index is 14.1. The molecule has 4 aromatic rings. The van der Waals surface area contributed by atoms with E-state index < -0.39 is 29.5 Å². The number of aromatic nitrogens is 1. The Hall–Kier alpha value is -3.71. The van der Waals surface area contributed by atoms with Crippen LogP contribution in [0, 0.1) is 11.6 Å². The lowest BCUT2D eigenvalue weighted by molar-refractivity contribution is -0.118. The van der Waals surface area contributed by atoms with Gasteiger partial charge in [0.2, 0.25) is 5.91 Å². The zero-order valence-corrected chi connectivity index (χ0v) is 17.4. The average Bonchev–Trinajstić information content (AvgIpc) is 3.18. The molecule has 0 saturated heterocycles. The topological polar surface area (TPSA) is 74.0 Å². The Bertz CT molecular complexity index is 1310. The van der Waals surface area contributed by atoms with Crippen LogP contribution in [0.2, 0.25) is 5.02 Å². The fraction of sp³-hybridized carbons (Fsp3) is 0.0833. The monoisotopic (exact) mass is 453 g/mol. The van der Waals surface area contributed by atoms with Crippen molar-refractivity contribution in [1.82, 2.24) is 10.3 Å². The number of carbonyl (C=O) groups excluding carboxylic acids is 2. The number of nitrogens with one attached hydrogen (secondary N) is 3. The summed E-state index contributed by atoms with van der Waals surface area (Å²) in [5.41, 5.74) is 1.69. The molecular formula is C24H18ClF2N3O2. The lowest BCUT2D eigenvalue weighted by Crippen LogP contribution is -2.45. The van der Waals surface area contributed by atoms with Gasteiger partial charge in [-0.3, -0.25) is 9.59 Å². The summed E-state index contributed by atoms with van der Waals surface area (Å²) in [4.78, 5) is 29.0. The lowest BCUT2D eigenvalue weighted by Gasteiger charge is -2.19. The first-order valence-corrected chi connectivity index (χ1v) is 10.2. The minimum Gasteiger partial charge on any atom is -0.361 e. The van der Waals surface area contributed by atoms with Crippen molar-refractivity contribution in [2.45, 2.75) is 12.5 Å². The molecule has 1 heterocycles. The van der Waals surface area contributed by atoms with Gasteiger partial charge >= 0.3 is 0 Å². The van der Waals surface area contributed by atoms with Gasteiger partial charge < -0.3 is 15.6 Å². The molecule has 1 atom stereocenters. The predicted molar refractivity (Wildman–Crippen MR) is 120 cm³/mol. The zero-order valence-electron chi connectivity index (χ0n) is 16.7. The molecule has 1 unspecified atom stereocenters. The summed E-state index contributed by atoms with van der Waals surface area (Å²) in [6.45, 7) is 0.